The zero-order valence-electron chi connectivity index (χ0n) is 15.0. The van der Waals surface area contributed by atoms with Gasteiger partial charge in [0.25, 0.3) is 5.91 Å². The Bertz CT molecular complexity index is 789. The molecule has 26 heavy (non-hydrogen) atoms. The van der Waals surface area contributed by atoms with Gasteiger partial charge in [0.05, 0.1) is 0 Å². The van der Waals surface area contributed by atoms with E-state index < -0.39 is 11.9 Å². The molecule has 0 bridgehead atoms. The molecule has 2 aromatic rings. The van der Waals surface area contributed by atoms with Gasteiger partial charge in [-0.3, -0.25) is 4.79 Å². The molecule has 0 aliphatic rings. The molecular weight excluding hydrogens is 354 g/mol. The number of carbonyl (C=O) groups is 2. The van der Waals surface area contributed by atoms with Crippen molar-refractivity contribution in [1.82, 2.24) is 0 Å². The molecule has 0 heterocycles. The number of anilines is 1. The first-order valence-corrected chi connectivity index (χ1v) is 8.68. The standard InChI is InChI=1S/C20H22ClNO4/c1-13(2)16-6-4-5-7-18(16)25-12-20(24)26-11-19(23)22-17-9-8-15(21)10-14(17)3/h4-10,13H,11-12H2,1-3H3,(H,22,23). The zero-order chi connectivity index (χ0) is 19.1. The van der Waals surface area contributed by atoms with E-state index in [4.69, 9.17) is 21.1 Å². The smallest absolute Gasteiger partial charge is 0.344 e. The molecule has 0 unspecified atom stereocenters. The van der Waals surface area contributed by atoms with E-state index in [9.17, 15) is 9.59 Å². The fraction of sp³-hybridized carbons (Fsp3) is 0.300. The molecule has 2 aromatic carbocycles. The summed E-state index contributed by atoms with van der Waals surface area (Å²) in [7, 11) is 0. The van der Waals surface area contributed by atoms with Crippen molar-refractivity contribution in [1.29, 1.82) is 0 Å². The van der Waals surface area contributed by atoms with Gasteiger partial charge in [-0.05, 0) is 48.2 Å². The first kappa shape index (κ1) is 19.8. The second kappa shape index (κ2) is 9.25. The van der Waals surface area contributed by atoms with E-state index in [-0.39, 0.29) is 19.1 Å². The summed E-state index contributed by atoms with van der Waals surface area (Å²) >= 11 is 5.88. The van der Waals surface area contributed by atoms with Gasteiger partial charge in [0.15, 0.2) is 13.2 Å². The van der Waals surface area contributed by atoms with Gasteiger partial charge >= 0.3 is 5.97 Å². The van der Waals surface area contributed by atoms with Gasteiger partial charge in [-0.15, -0.1) is 0 Å². The minimum atomic E-state index is -0.605. The molecule has 0 atom stereocenters. The van der Waals surface area contributed by atoms with Crippen LogP contribution in [0.5, 0.6) is 5.75 Å². The van der Waals surface area contributed by atoms with Crippen LogP contribution >= 0.6 is 11.6 Å². The molecule has 1 N–H and O–H groups in total. The van der Waals surface area contributed by atoms with E-state index in [2.05, 4.69) is 5.32 Å². The average molecular weight is 376 g/mol. The lowest BCUT2D eigenvalue weighted by atomic mass is 10.0. The lowest BCUT2D eigenvalue weighted by molar-refractivity contribution is -0.149. The van der Waals surface area contributed by atoms with Crippen molar-refractivity contribution >= 4 is 29.2 Å². The first-order chi connectivity index (χ1) is 12.4. The fourth-order valence-corrected chi connectivity index (χ4v) is 2.59. The van der Waals surface area contributed by atoms with Gasteiger partial charge in [-0.1, -0.05) is 43.6 Å². The minimum Gasteiger partial charge on any atom is -0.482 e. The SMILES string of the molecule is Cc1cc(Cl)ccc1NC(=O)COC(=O)COc1ccccc1C(C)C. The molecule has 1 amide bonds. The summed E-state index contributed by atoms with van der Waals surface area (Å²) in [6, 6.07) is 12.6. The summed E-state index contributed by atoms with van der Waals surface area (Å²) in [5.41, 5.74) is 2.46. The predicted octanol–water partition coefficient (Wildman–Crippen LogP) is 4.33. The molecule has 0 radical (unpaired) electrons. The largest absolute Gasteiger partial charge is 0.482 e. The van der Waals surface area contributed by atoms with Crippen LogP contribution in [0.1, 0.15) is 30.9 Å². The monoisotopic (exact) mass is 375 g/mol. The van der Waals surface area contributed by atoms with Crippen LogP contribution in [0.2, 0.25) is 5.02 Å². The third kappa shape index (κ3) is 5.77. The molecule has 5 nitrogen and oxygen atoms in total. The van der Waals surface area contributed by atoms with Crippen molar-refractivity contribution < 1.29 is 19.1 Å². The number of hydrogen-bond acceptors (Lipinski definition) is 4. The van der Waals surface area contributed by atoms with E-state index >= 15 is 0 Å². The molecule has 0 aromatic heterocycles. The number of benzene rings is 2. The van der Waals surface area contributed by atoms with Gasteiger partial charge in [-0.2, -0.15) is 0 Å². The van der Waals surface area contributed by atoms with Gasteiger partial charge in [0, 0.05) is 10.7 Å². The fourth-order valence-electron chi connectivity index (χ4n) is 2.37. The van der Waals surface area contributed by atoms with Gasteiger partial charge in [-0.25, -0.2) is 4.79 Å². The Kier molecular flexibility index (Phi) is 7.04. The number of para-hydroxylation sites is 1. The molecule has 0 aliphatic heterocycles. The lowest BCUT2D eigenvalue weighted by Gasteiger charge is -2.13. The number of carbonyl (C=O) groups excluding carboxylic acids is 2. The maximum Gasteiger partial charge on any atom is 0.344 e. The topological polar surface area (TPSA) is 64.6 Å². The van der Waals surface area contributed by atoms with Crippen LogP contribution in [-0.2, 0) is 14.3 Å². The molecule has 0 saturated heterocycles. The minimum absolute atomic E-state index is 0.253. The van der Waals surface area contributed by atoms with E-state index in [1.54, 1.807) is 24.3 Å². The molecule has 0 saturated carbocycles. The molecule has 0 fully saturated rings. The lowest BCUT2D eigenvalue weighted by Crippen LogP contribution is -2.24. The molecule has 0 aliphatic carbocycles. The average Bonchev–Trinajstić information content (AvgIpc) is 2.60. The molecular formula is C20H22ClNO4. The van der Waals surface area contributed by atoms with Crippen molar-refractivity contribution in [2.45, 2.75) is 26.7 Å². The van der Waals surface area contributed by atoms with Crippen molar-refractivity contribution in [3.63, 3.8) is 0 Å². The van der Waals surface area contributed by atoms with E-state index in [0.717, 1.165) is 11.1 Å². The van der Waals surface area contributed by atoms with Crippen LogP contribution in [0.3, 0.4) is 0 Å². The highest BCUT2D eigenvalue weighted by molar-refractivity contribution is 6.30. The summed E-state index contributed by atoms with van der Waals surface area (Å²) in [5, 5.41) is 3.26. The van der Waals surface area contributed by atoms with Crippen molar-refractivity contribution in [2.75, 3.05) is 18.5 Å². The quantitative estimate of drug-likeness (QED) is 0.731. The van der Waals surface area contributed by atoms with Gasteiger partial charge < -0.3 is 14.8 Å². The summed E-state index contributed by atoms with van der Waals surface area (Å²) in [5.74, 6) is -0.116. The van der Waals surface area contributed by atoms with Crippen LogP contribution in [0.15, 0.2) is 42.5 Å². The Labute approximate surface area is 158 Å². The highest BCUT2D eigenvalue weighted by Gasteiger charge is 2.12. The van der Waals surface area contributed by atoms with Gasteiger partial charge in [0.2, 0.25) is 0 Å². The third-order valence-electron chi connectivity index (χ3n) is 3.71. The number of hydrogen-bond donors (Lipinski definition) is 1. The van der Waals surface area contributed by atoms with Crippen LogP contribution in [0.25, 0.3) is 0 Å². The van der Waals surface area contributed by atoms with Crippen molar-refractivity contribution in [3.8, 4) is 5.75 Å². The summed E-state index contributed by atoms with van der Waals surface area (Å²) in [4.78, 5) is 23.7. The number of ether oxygens (including phenoxy) is 2. The summed E-state index contributed by atoms with van der Waals surface area (Å²) in [6.45, 7) is 5.29. The number of nitrogens with one attached hydrogen (secondary N) is 1. The molecule has 6 heteroatoms. The maximum atomic E-state index is 11.9. The second-order valence-corrected chi connectivity index (χ2v) is 6.59. The number of halogens is 1. The number of aryl methyl sites for hydroxylation is 1. The summed E-state index contributed by atoms with van der Waals surface area (Å²) < 4.78 is 10.5. The highest BCUT2D eigenvalue weighted by atomic mass is 35.5. The predicted molar refractivity (Wildman–Crippen MR) is 102 cm³/mol. The normalized spacial score (nSPS) is 10.5. The Hall–Kier alpha value is -2.53. The zero-order valence-corrected chi connectivity index (χ0v) is 15.8. The summed E-state index contributed by atoms with van der Waals surface area (Å²) in [6.07, 6.45) is 0. The first-order valence-electron chi connectivity index (χ1n) is 8.30. The maximum absolute atomic E-state index is 11.9. The molecule has 2 rings (SSSR count). The second-order valence-electron chi connectivity index (χ2n) is 6.15. The van der Waals surface area contributed by atoms with Crippen LogP contribution < -0.4 is 10.1 Å². The highest BCUT2D eigenvalue weighted by Crippen LogP contribution is 2.25. The van der Waals surface area contributed by atoms with Crippen LogP contribution in [0.4, 0.5) is 5.69 Å². The number of amides is 1. The Morgan fingerprint density at radius 2 is 1.85 bits per heavy atom. The van der Waals surface area contributed by atoms with Crippen LogP contribution in [-0.4, -0.2) is 25.1 Å². The Morgan fingerprint density at radius 1 is 1.12 bits per heavy atom. The van der Waals surface area contributed by atoms with Crippen molar-refractivity contribution in [2.24, 2.45) is 0 Å². The third-order valence-corrected chi connectivity index (χ3v) is 3.95. The van der Waals surface area contributed by atoms with E-state index in [0.29, 0.717) is 16.5 Å². The van der Waals surface area contributed by atoms with E-state index in [1.165, 1.54) is 0 Å². The number of esters is 1. The van der Waals surface area contributed by atoms with Crippen molar-refractivity contribution in [3.05, 3.63) is 58.6 Å². The molecule has 138 valence electrons. The van der Waals surface area contributed by atoms with Crippen LogP contribution in [0, 0.1) is 6.92 Å². The Balaban J connectivity index is 1.81. The van der Waals surface area contributed by atoms with E-state index in [1.807, 2.05) is 39.0 Å². The number of rotatable bonds is 7. The van der Waals surface area contributed by atoms with Gasteiger partial charge in [0.1, 0.15) is 5.75 Å². The molecule has 0 spiro atoms. The Morgan fingerprint density at radius 3 is 2.54 bits per heavy atom.